The maximum atomic E-state index is 11.1. The van der Waals surface area contributed by atoms with Crippen molar-refractivity contribution in [1.82, 2.24) is 0 Å². The van der Waals surface area contributed by atoms with Gasteiger partial charge in [-0.25, -0.2) is 0 Å². The van der Waals surface area contributed by atoms with E-state index in [1.807, 2.05) is 0 Å². The van der Waals surface area contributed by atoms with Gasteiger partial charge in [-0.1, -0.05) is 41.5 Å². The van der Waals surface area contributed by atoms with Crippen LogP contribution in [-0.2, 0) is 4.43 Å². The van der Waals surface area contributed by atoms with Crippen LogP contribution in [0.2, 0.25) is 18.1 Å². The van der Waals surface area contributed by atoms with Crippen molar-refractivity contribution in [1.29, 1.82) is 0 Å². The van der Waals surface area contributed by atoms with E-state index in [0.29, 0.717) is 5.92 Å². The second-order valence-corrected chi connectivity index (χ2v) is 16.0. The molecule has 0 aromatic heterocycles. The predicted molar refractivity (Wildman–Crippen MR) is 101 cm³/mol. The standard InChI is InChI=1S/C20H40O2Si/c1-17(2,3)23(8,9)22-16-14-18(4,5)13-15-19(16,6)11-10-12-20(15,7)21/h15-16,21H,10-14H2,1-9H3/t15-,16+,19+,20-/m0/s1. The molecule has 0 heterocycles. The van der Waals surface area contributed by atoms with Crippen molar-refractivity contribution in [3.63, 3.8) is 0 Å². The first kappa shape index (κ1) is 19.5. The molecule has 2 saturated carbocycles. The molecule has 0 unspecified atom stereocenters. The predicted octanol–water partition coefficient (Wildman–Crippen LogP) is 5.75. The Labute approximate surface area is 145 Å². The minimum atomic E-state index is -1.81. The third-order valence-electron chi connectivity index (χ3n) is 7.42. The van der Waals surface area contributed by atoms with E-state index in [0.717, 1.165) is 25.7 Å². The molecule has 136 valence electrons. The Morgan fingerprint density at radius 3 is 2.09 bits per heavy atom. The maximum Gasteiger partial charge on any atom is 0.192 e. The van der Waals surface area contributed by atoms with Gasteiger partial charge in [0.25, 0.3) is 0 Å². The number of fused-ring (bicyclic) bond motifs is 1. The molecule has 0 spiro atoms. The molecule has 2 nitrogen and oxygen atoms in total. The van der Waals surface area contributed by atoms with Crippen LogP contribution in [0, 0.1) is 16.7 Å². The molecular formula is C20H40O2Si. The number of hydrogen-bond donors (Lipinski definition) is 1. The molecule has 0 bridgehead atoms. The highest BCUT2D eigenvalue weighted by Gasteiger charge is 2.58. The molecule has 2 aliphatic rings. The first-order valence-electron chi connectivity index (χ1n) is 9.51. The van der Waals surface area contributed by atoms with Crippen LogP contribution in [0.25, 0.3) is 0 Å². The van der Waals surface area contributed by atoms with Gasteiger partial charge in [-0.3, -0.25) is 0 Å². The molecule has 0 saturated heterocycles. The smallest absolute Gasteiger partial charge is 0.192 e. The van der Waals surface area contributed by atoms with Crippen molar-refractivity contribution in [3.05, 3.63) is 0 Å². The van der Waals surface area contributed by atoms with E-state index in [1.165, 1.54) is 6.42 Å². The van der Waals surface area contributed by atoms with Crippen LogP contribution < -0.4 is 0 Å². The normalized spacial score (nSPS) is 41.5. The fourth-order valence-corrected chi connectivity index (χ4v) is 6.22. The van der Waals surface area contributed by atoms with Crippen LogP contribution in [0.4, 0.5) is 0 Å². The number of hydrogen-bond acceptors (Lipinski definition) is 2. The summed E-state index contributed by atoms with van der Waals surface area (Å²) in [5.41, 5.74) is -0.176. The van der Waals surface area contributed by atoms with E-state index in [9.17, 15) is 5.11 Å². The van der Waals surface area contributed by atoms with Crippen molar-refractivity contribution < 1.29 is 9.53 Å². The largest absolute Gasteiger partial charge is 0.413 e. The van der Waals surface area contributed by atoms with Gasteiger partial charge in [-0.15, -0.1) is 0 Å². The monoisotopic (exact) mass is 340 g/mol. The molecule has 2 rings (SSSR count). The molecule has 0 aromatic carbocycles. The quantitative estimate of drug-likeness (QED) is 0.648. The fraction of sp³-hybridized carbons (Fsp3) is 1.00. The van der Waals surface area contributed by atoms with Gasteiger partial charge in [0.05, 0.1) is 11.7 Å². The molecule has 0 aliphatic heterocycles. The summed E-state index contributed by atoms with van der Waals surface area (Å²) in [6, 6.07) is 0. The maximum absolute atomic E-state index is 11.1. The summed E-state index contributed by atoms with van der Waals surface area (Å²) >= 11 is 0. The van der Waals surface area contributed by atoms with Gasteiger partial charge >= 0.3 is 0 Å². The zero-order valence-electron chi connectivity index (χ0n) is 17.0. The van der Waals surface area contributed by atoms with E-state index in [-0.39, 0.29) is 22.0 Å². The molecule has 0 aromatic rings. The topological polar surface area (TPSA) is 29.5 Å². The van der Waals surface area contributed by atoms with Crippen molar-refractivity contribution >= 4 is 8.32 Å². The van der Waals surface area contributed by atoms with Crippen molar-refractivity contribution in [2.75, 3.05) is 0 Å². The molecule has 0 amide bonds. The first-order valence-corrected chi connectivity index (χ1v) is 12.4. The molecule has 1 N–H and O–H groups in total. The van der Waals surface area contributed by atoms with Crippen LogP contribution >= 0.6 is 0 Å². The Kier molecular flexibility index (Phi) is 4.71. The summed E-state index contributed by atoms with van der Waals surface area (Å²) in [4.78, 5) is 0. The van der Waals surface area contributed by atoms with Gasteiger partial charge in [0.15, 0.2) is 8.32 Å². The van der Waals surface area contributed by atoms with Gasteiger partial charge in [-0.2, -0.15) is 0 Å². The van der Waals surface area contributed by atoms with E-state index in [1.54, 1.807) is 0 Å². The SMILES string of the molecule is CC1(C)C[C@@H](O[Si](C)(C)C(C)(C)C)[C@]2(C)CCC[C@](C)(O)[C@H]2C1. The minimum absolute atomic E-state index is 0.118. The van der Waals surface area contributed by atoms with Gasteiger partial charge < -0.3 is 9.53 Å². The Morgan fingerprint density at radius 2 is 1.57 bits per heavy atom. The van der Waals surface area contributed by atoms with Crippen LogP contribution in [0.5, 0.6) is 0 Å². The molecule has 0 radical (unpaired) electrons. The molecule has 2 fully saturated rings. The lowest BCUT2D eigenvalue weighted by Crippen LogP contribution is -2.61. The van der Waals surface area contributed by atoms with Gasteiger partial charge in [0.2, 0.25) is 0 Å². The highest BCUT2D eigenvalue weighted by atomic mass is 28.4. The van der Waals surface area contributed by atoms with Crippen molar-refractivity contribution in [2.45, 2.75) is 110 Å². The Balaban J connectivity index is 2.37. The lowest BCUT2D eigenvalue weighted by molar-refractivity contribution is -0.178. The lowest BCUT2D eigenvalue weighted by Gasteiger charge is -2.61. The second-order valence-electron chi connectivity index (χ2n) is 11.2. The van der Waals surface area contributed by atoms with E-state index in [4.69, 9.17) is 4.43 Å². The summed E-state index contributed by atoms with van der Waals surface area (Å²) in [7, 11) is -1.81. The molecule has 2 aliphatic carbocycles. The third kappa shape index (κ3) is 3.57. The molecule has 4 atom stereocenters. The molecule has 23 heavy (non-hydrogen) atoms. The highest BCUT2D eigenvalue weighted by Crippen LogP contribution is 2.60. The number of rotatable bonds is 2. The average molecular weight is 341 g/mol. The zero-order chi connectivity index (χ0) is 17.9. The van der Waals surface area contributed by atoms with Gasteiger partial charge in [0.1, 0.15) is 0 Å². The summed E-state index contributed by atoms with van der Waals surface area (Å²) in [5.74, 6) is 0.349. The third-order valence-corrected chi connectivity index (χ3v) is 11.9. The Morgan fingerprint density at radius 1 is 1.00 bits per heavy atom. The van der Waals surface area contributed by atoms with Gasteiger partial charge in [0, 0.05) is 0 Å². The zero-order valence-corrected chi connectivity index (χ0v) is 18.0. The summed E-state index contributed by atoms with van der Waals surface area (Å²) in [6.45, 7) is 20.9. The van der Waals surface area contributed by atoms with Crippen LogP contribution in [0.3, 0.4) is 0 Å². The highest BCUT2D eigenvalue weighted by molar-refractivity contribution is 6.74. The van der Waals surface area contributed by atoms with E-state index in [2.05, 4.69) is 61.6 Å². The van der Waals surface area contributed by atoms with Crippen molar-refractivity contribution in [2.24, 2.45) is 16.7 Å². The average Bonchev–Trinajstić information content (AvgIpc) is 2.30. The lowest BCUT2D eigenvalue weighted by atomic mass is 9.50. The van der Waals surface area contributed by atoms with E-state index >= 15 is 0 Å². The second kappa shape index (κ2) is 5.57. The Bertz CT molecular complexity index is 447. The summed E-state index contributed by atoms with van der Waals surface area (Å²) in [6.07, 6.45) is 5.79. The first-order chi connectivity index (χ1) is 10.1. The van der Waals surface area contributed by atoms with E-state index < -0.39 is 13.9 Å². The van der Waals surface area contributed by atoms with Crippen LogP contribution in [-0.4, -0.2) is 25.1 Å². The van der Waals surface area contributed by atoms with Crippen LogP contribution in [0.1, 0.15) is 80.6 Å². The van der Waals surface area contributed by atoms with Crippen LogP contribution in [0.15, 0.2) is 0 Å². The fourth-order valence-electron chi connectivity index (χ4n) is 4.80. The molecule has 3 heteroatoms. The summed E-state index contributed by atoms with van der Waals surface area (Å²) < 4.78 is 6.97. The minimum Gasteiger partial charge on any atom is -0.413 e. The summed E-state index contributed by atoms with van der Waals surface area (Å²) in [5, 5.41) is 11.3. The van der Waals surface area contributed by atoms with Gasteiger partial charge in [-0.05, 0) is 73.9 Å². The van der Waals surface area contributed by atoms with Crippen molar-refractivity contribution in [3.8, 4) is 0 Å². The number of aliphatic hydroxyl groups is 1. The molecular weight excluding hydrogens is 300 g/mol. The Hall–Kier alpha value is 0.137.